The summed E-state index contributed by atoms with van der Waals surface area (Å²) in [5.74, 6) is -0.0405. The number of aryl methyl sites for hydroxylation is 1. The molecule has 3 nitrogen and oxygen atoms in total. The zero-order valence-electron chi connectivity index (χ0n) is 17.5. The van der Waals surface area contributed by atoms with Gasteiger partial charge in [-0.2, -0.15) is 0 Å². The van der Waals surface area contributed by atoms with Gasteiger partial charge in [0.1, 0.15) is 0 Å². The minimum absolute atomic E-state index is 0.0405. The number of anilines is 1. The fraction of sp³-hybridized carbons (Fsp3) is 0.111. The monoisotopic (exact) mass is 392 g/mol. The van der Waals surface area contributed by atoms with E-state index in [4.69, 9.17) is 4.98 Å². The second-order valence-corrected chi connectivity index (χ2v) is 7.51. The van der Waals surface area contributed by atoms with Gasteiger partial charge in [-0.15, -0.1) is 0 Å². The maximum atomic E-state index is 13.3. The molecule has 0 amide bonds. The van der Waals surface area contributed by atoms with E-state index in [2.05, 4.69) is 4.90 Å². The van der Waals surface area contributed by atoms with E-state index in [9.17, 15) is 4.79 Å². The first-order valence-corrected chi connectivity index (χ1v) is 9.99. The normalized spacial score (nSPS) is 11.2. The summed E-state index contributed by atoms with van der Waals surface area (Å²) >= 11 is 0. The van der Waals surface area contributed by atoms with Gasteiger partial charge in [0, 0.05) is 36.4 Å². The minimum Gasteiger partial charge on any atom is -0.378 e. The zero-order valence-corrected chi connectivity index (χ0v) is 17.5. The first kappa shape index (κ1) is 19.6. The van der Waals surface area contributed by atoms with Gasteiger partial charge >= 0.3 is 0 Å². The summed E-state index contributed by atoms with van der Waals surface area (Å²) in [4.78, 5) is 20.1. The van der Waals surface area contributed by atoms with Crippen LogP contribution in [0.4, 0.5) is 5.69 Å². The Morgan fingerprint density at radius 3 is 2.23 bits per heavy atom. The van der Waals surface area contributed by atoms with Crippen LogP contribution in [0.3, 0.4) is 0 Å². The Hall–Kier alpha value is -3.72. The highest BCUT2D eigenvalue weighted by atomic mass is 16.1. The Morgan fingerprint density at radius 1 is 0.867 bits per heavy atom. The quantitative estimate of drug-likeness (QED) is 0.301. The summed E-state index contributed by atoms with van der Waals surface area (Å²) in [6, 6.07) is 26.2. The number of carbonyl (C=O) groups excluding carboxylic acids is 1. The highest BCUT2D eigenvalue weighted by molar-refractivity contribution is 6.16. The van der Waals surface area contributed by atoms with Crippen molar-refractivity contribution in [1.29, 1.82) is 0 Å². The summed E-state index contributed by atoms with van der Waals surface area (Å²) in [6.45, 7) is 1.91. The first-order valence-electron chi connectivity index (χ1n) is 9.99. The molecule has 0 saturated carbocycles. The molecule has 0 aliphatic carbocycles. The maximum absolute atomic E-state index is 13.3. The van der Waals surface area contributed by atoms with Crippen molar-refractivity contribution in [2.24, 2.45) is 0 Å². The number of rotatable bonds is 5. The number of hydrogen-bond acceptors (Lipinski definition) is 3. The van der Waals surface area contributed by atoms with Crippen LogP contribution < -0.4 is 4.90 Å². The molecule has 1 heterocycles. The van der Waals surface area contributed by atoms with Crippen LogP contribution >= 0.6 is 0 Å². The van der Waals surface area contributed by atoms with Crippen LogP contribution in [-0.4, -0.2) is 24.9 Å². The van der Waals surface area contributed by atoms with Crippen molar-refractivity contribution < 1.29 is 4.79 Å². The van der Waals surface area contributed by atoms with E-state index in [0.29, 0.717) is 5.56 Å². The average molecular weight is 393 g/mol. The number of carbonyl (C=O) groups is 1. The molecule has 1 aromatic heterocycles. The molecule has 30 heavy (non-hydrogen) atoms. The topological polar surface area (TPSA) is 33.2 Å². The van der Waals surface area contributed by atoms with Gasteiger partial charge in [0.05, 0.1) is 11.1 Å². The summed E-state index contributed by atoms with van der Waals surface area (Å²) < 4.78 is 0. The lowest BCUT2D eigenvalue weighted by Crippen LogP contribution is -2.08. The molecule has 4 aromatic rings. The summed E-state index contributed by atoms with van der Waals surface area (Å²) in [6.07, 6.45) is 3.51. The molecule has 0 bridgehead atoms. The second-order valence-electron chi connectivity index (χ2n) is 7.51. The largest absolute Gasteiger partial charge is 0.378 e. The van der Waals surface area contributed by atoms with Crippen LogP contribution in [-0.2, 0) is 0 Å². The second kappa shape index (κ2) is 8.34. The number of fused-ring (bicyclic) bond motifs is 1. The molecule has 0 atom stereocenters. The molecular weight excluding hydrogens is 368 g/mol. The molecule has 0 N–H and O–H groups in total. The predicted molar refractivity (Wildman–Crippen MR) is 126 cm³/mol. The third kappa shape index (κ3) is 3.87. The van der Waals surface area contributed by atoms with Crippen molar-refractivity contribution in [3.8, 4) is 11.1 Å². The molecule has 0 unspecified atom stereocenters. The van der Waals surface area contributed by atoms with Crippen LogP contribution in [0.2, 0.25) is 0 Å². The highest BCUT2D eigenvalue weighted by Gasteiger charge is 2.18. The summed E-state index contributed by atoms with van der Waals surface area (Å²) in [5.41, 5.74) is 6.36. The molecule has 148 valence electrons. The van der Waals surface area contributed by atoms with Crippen molar-refractivity contribution in [2.75, 3.05) is 19.0 Å². The zero-order chi connectivity index (χ0) is 21.1. The van der Waals surface area contributed by atoms with E-state index in [-0.39, 0.29) is 5.78 Å². The number of para-hydroxylation sites is 1. The molecule has 0 saturated heterocycles. The molecule has 4 rings (SSSR count). The number of allylic oxidation sites excluding steroid dienone is 1. The number of benzene rings is 3. The van der Waals surface area contributed by atoms with Crippen molar-refractivity contribution in [3.63, 3.8) is 0 Å². The first-order chi connectivity index (χ1) is 14.5. The third-order valence-corrected chi connectivity index (χ3v) is 5.22. The van der Waals surface area contributed by atoms with E-state index in [1.165, 1.54) is 0 Å². The molecule has 3 heteroatoms. The predicted octanol–water partition coefficient (Wildman–Crippen LogP) is 6.17. The van der Waals surface area contributed by atoms with Gasteiger partial charge in [-0.3, -0.25) is 9.78 Å². The number of pyridine rings is 1. The van der Waals surface area contributed by atoms with Gasteiger partial charge in [0.2, 0.25) is 0 Å². The lowest BCUT2D eigenvalue weighted by atomic mass is 9.92. The Kier molecular flexibility index (Phi) is 5.44. The third-order valence-electron chi connectivity index (χ3n) is 5.22. The van der Waals surface area contributed by atoms with Crippen molar-refractivity contribution in [1.82, 2.24) is 4.98 Å². The maximum Gasteiger partial charge on any atom is 0.188 e. The lowest BCUT2D eigenvalue weighted by molar-refractivity contribution is 0.104. The molecule has 0 radical (unpaired) electrons. The fourth-order valence-electron chi connectivity index (χ4n) is 3.68. The van der Waals surface area contributed by atoms with Gasteiger partial charge in [-0.25, -0.2) is 0 Å². The van der Waals surface area contributed by atoms with Crippen LogP contribution in [0, 0.1) is 6.92 Å². The Morgan fingerprint density at radius 2 is 1.53 bits per heavy atom. The van der Waals surface area contributed by atoms with E-state index in [1.807, 2.05) is 106 Å². The van der Waals surface area contributed by atoms with Crippen molar-refractivity contribution in [2.45, 2.75) is 6.92 Å². The van der Waals surface area contributed by atoms with E-state index in [0.717, 1.165) is 39.0 Å². The van der Waals surface area contributed by atoms with Gasteiger partial charge < -0.3 is 4.90 Å². The molecule has 3 aromatic carbocycles. The smallest absolute Gasteiger partial charge is 0.188 e. The lowest BCUT2D eigenvalue weighted by Gasteiger charge is -2.14. The standard InChI is InChI=1S/C27H24N2O/c1-19-26(25(30)18-15-20-13-16-22(17-14-20)29(2)3)27(21-9-5-4-6-10-21)23-11-7-8-12-24(23)28-19/h4-18H,1-3H3/b18-15-. The summed E-state index contributed by atoms with van der Waals surface area (Å²) in [5, 5.41) is 0.987. The Balaban J connectivity index is 1.80. The molecule has 0 aliphatic rings. The van der Waals surface area contributed by atoms with E-state index >= 15 is 0 Å². The molecule has 0 aliphatic heterocycles. The number of ketones is 1. The number of hydrogen-bond donors (Lipinski definition) is 0. The Labute approximate surface area is 177 Å². The Bertz CT molecular complexity index is 1220. The van der Waals surface area contributed by atoms with Crippen molar-refractivity contribution in [3.05, 3.63) is 102 Å². The SMILES string of the molecule is Cc1nc2ccccc2c(-c2ccccc2)c1C(=O)/C=C\c1ccc(N(C)C)cc1. The number of aromatic nitrogens is 1. The molecule has 0 spiro atoms. The molecular formula is C27H24N2O. The number of nitrogens with zero attached hydrogens (tertiary/aromatic N) is 2. The minimum atomic E-state index is -0.0405. The van der Waals surface area contributed by atoms with Gasteiger partial charge in [0.15, 0.2) is 5.78 Å². The van der Waals surface area contributed by atoms with Gasteiger partial charge in [-0.1, -0.05) is 66.7 Å². The van der Waals surface area contributed by atoms with Crippen molar-refractivity contribution >= 4 is 28.4 Å². The van der Waals surface area contributed by atoms with E-state index < -0.39 is 0 Å². The van der Waals surface area contributed by atoms with Gasteiger partial charge in [-0.05, 0) is 42.3 Å². The fourth-order valence-corrected chi connectivity index (χ4v) is 3.68. The van der Waals surface area contributed by atoms with E-state index in [1.54, 1.807) is 6.08 Å². The summed E-state index contributed by atoms with van der Waals surface area (Å²) in [7, 11) is 4.02. The van der Waals surface area contributed by atoms with Gasteiger partial charge in [0.25, 0.3) is 0 Å². The highest BCUT2D eigenvalue weighted by Crippen LogP contribution is 2.33. The van der Waals surface area contributed by atoms with Crippen LogP contribution in [0.1, 0.15) is 21.6 Å². The van der Waals surface area contributed by atoms with Crippen LogP contribution in [0.15, 0.2) is 84.9 Å². The van der Waals surface area contributed by atoms with Crippen LogP contribution in [0.25, 0.3) is 28.1 Å². The van der Waals surface area contributed by atoms with Crippen LogP contribution in [0.5, 0.6) is 0 Å². The average Bonchev–Trinajstić information content (AvgIpc) is 2.77. The molecule has 0 fully saturated rings.